The number of rotatable bonds is 6. The average molecular weight is 304 g/mol. The van der Waals surface area contributed by atoms with E-state index in [0.717, 1.165) is 0 Å². The molecule has 1 amide bonds. The summed E-state index contributed by atoms with van der Waals surface area (Å²) < 4.78 is 4.98. The zero-order chi connectivity index (χ0) is 16.4. The molecule has 1 saturated heterocycles. The van der Waals surface area contributed by atoms with Crippen LogP contribution in [-0.2, 0) is 14.3 Å². The SMILES string of the molecule is CCOC(=O)C1CCN(C(=O)/C(C#N)=C\NCCC#N)CC1. The maximum absolute atomic E-state index is 12.2. The van der Waals surface area contributed by atoms with E-state index in [-0.39, 0.29) is 23.4 Å². The Morgan fingerprint density at radius 2 is 2.05 bits per heavy atom. The van der Waals surface area contributed by atoms with Crippen LogP contribution in [0.4, 0.5) is 0 Å². The van der Waals surface area contributed by atoms with E-state index in [9.17, 15) is 9.59 Å². The van der Waals surface area contributed by atoms with Gasteiger partial charge in [-0.2, -0.15) is 10.5 Å². The summed E-state index contributed by atoms with van der Waals surface area (Å²) >= 11 is 0. The van der Waals surface area contributed by atoms with Gasteiger partial charge in [0.05, 0.1) is 25.0 Å². The smallest absolute Gasteiger partial charge is 0.309 e. The zero-order valence-electron chi connectivity index (χ0n) is 12.7. The first-order valence-corrected chi connectivity index (χ1v) is 7.30. The van der Waals surface area contributed by atoms with E-state index in [2.05, 4.69) is 5.32 Å². The number of hydrogen-bond donors (Lipinski definition) is 1. The van der Waals surface area contributed by atoms with Crippen molar-refractivity contribution in [3.63, 3.8) is 0 Å². The summed E-state index contributed by atoms with van der Waals surface area (Å²) in [4.78, 5) is 25.4. The fraction of sp³-hybridized carbons (Fsp3) is 0.600. The quantitative estimate of drug-likeness (QED) is 0.335. The highest BCUT2D eigenvalue weighted by molar-refractivity contribution is 5.97. The topological polar surface area (TPSA) is 106 Å². The predicted molar refractivity (Wildman–Crippen MR) is 77.9 cm³/mol. The number of carbonyl (C=O) groups is 2. The van der Waals surface area contributed by atoms with Crippen LogP contribution < -0.4 is 5.32 Å². The second kappa shape index (κ2) is 9.41. The minimum absolute atomic E-state index is 0.00697. The van der Waals surface area contributed by atoms with Gasteiger partial charge in [0.2, 0.25) is 0 Å². The molecule has 1 rings (SSSR count). The van der Waals surface area contributed by atoms with Crippen LogP contribution in [0.1, 0.15) is 26.2 Å². The molecule has 7 nitrogen and oxygen atoms in total. The molecule has 7 heteroatoms. The lowest BCUT2D eigenvalue weighted by atomic mass is 9.96. The molecule has 1 aliphatic rings. The van der Waals surface area contributed by atoms with E-state index in [1.807, 2.05) is 12.1 Å². The van der Waals surface area contributed by atoms with E-state index in [1.54, 1.807) is 11.8 Å². The van der Waals surface area contributed by atoms with Crippen molar-refractivity contribution in [2.24, 2.45) is 5.92 Å². The van der Waals surface area contributed by atoms with Crippen molar-refractivity contribution in [1.82, 2.24) is 10.2 Å². The number of nitrogens with zero attached hydrogens (tertiary/aromatic N) is 3. The number of piperidine rings is 1. The second-order valence-electron chi connectivity index (χ2n) is 4.85. The van der Waals surface area contributed by atoms with E-state index in [0.29, 0.717) is 45.5 Å². The fourth-order valence-corrected chi connectivity index (χ4v) is 2.19. The molecule has 0 bridgehead atoms. The van der Waals surface area contributed by atoms with E-state index in [4.69, 9.17) is 15.3 Å². The first-order valence-electron chi connectivity index (χ1n) is 7.30. The molecule has 0 aromatic heterocycles. The Morgan fingerprint density at radius 1 is 1.36 bits per heavy atom. The standard InChI is InChI=1S/C15H20N4O3/c1-2-22-15(21)12-4-8-19(9-5-12)14(20)13(10-17)11-18-7-3-6-16/h11-12,18H,2-5,7-9H2,1H3/b13-11-. The molecule has 0 unspecified atom stereocenters. The summed E-state index contributed by atoms with van der Waals surface area (Å²) in [5.74, 6) is -0.745. The minimum Gasteiger partial charge on any atom is -0.466 e. The first kappa shape index (κ1) is 17.5. The Hall–Kier alpha value is -2.54. The van der Waals surface area contributed by atoms with Gasteiger partial charge in [-0.3, -0.25) is 9.59 Å². The van der Waals surface area contributed by atoms with Gasteiger partial charge in [-0.15, -0.1) is 0 Å². The van der Waals surface area contributed by atoms with Gasteiger partial charge in [-0.05, 0) is 19.8 Å². The lowest BCUT2D eigenvalue weighted by Crippen LogP contribution is -2.41. The van der Waals surface area contributed by atoms with Gasteiger partial charge in [0.1, 0.15) is 11.6 Å². The molecular formula is C15H20N4O3. The molecule has 1 aliphatic heterocycles. The molecule has 0 spiro atoms. The third-order valence-corrected chi connectivity index (χ3v) is 3.38. The van der Waals surface area contributed by atoms with Crippen LogP contribution in [0.15, 0.2) is 11.8 Å². The number of nitrogens with one attached hydrogen (secondary N) is 1. The number of likely N-dealkylation sites (tertiary alicyclic amines) is 1. The van der Waals surface area contributed by atoms with Crippen LogP contribution in [0.5, 0.6) is 0 Å². The lowest BCUT2D eigenvalue weighted by Gasteiger charge is -2.30. The summed E-state index contributed by atoms with van der Waals surface area (Å²) in [5.41, 5.74) is 0.00697. The van der Waals surface area contributed by atoms with Gasteiger partial charge < -0.3 is 15.0 Å². The lowest BCUT2D eigenvalue weighted by molar-refractivity contribution is -0.150. The van der Waals surface area contributed by atoms with Crippen LogP contribution in [0.2, 0.25) is 0 Å². The molecule has 1 N–H and O–H groups in total. The average Bonchev–Trinajstić information content (AvgIpc) is 2.55. The van der Waals surface area contributed by atoms with Gasteiger partial charge in [-0.25, -0.2) is 0 Å². The van der Waals surface area contributed by atoms with Gasteiger partial charge >= 0.3 is 5.97 Å². The molecule has 1 fully saturated rings. The van der Waals surface area contributed by atoms with E-state index >= 15 is 0 Å². The van der Waals surface area contributed by atoms with E-state index < -0.39 is 0 Å². The Bertz CT molecular complexity index is 508. The number of amides is 1. The molecule has 0 atom stereocenters. The van der Waals surface area contributed by atoms with Crippen LogP contribution in [0, 0.1) is 28.6 Å². The molecule has 0 aromatic rings. The highest BCUT2D eigenvalue weighted by atomic mass is 16.5. The van der Waals surface area contributed by atoms with Crippen molar-refractivity contribution in [2.75, 3.05) is 26.2 Å². The molecule has 0 radical (unpaired) electrons. The fourth-order valence-electron chi connectivity index (χ4n) is 2.19. The van der Waals surface area contributed by atoms with Gasteiger partial charge in [0.15, 0.2) is 0 Å². The summed E-state index contributed by atoms with van der Waals surface area (Å²) in [5, 5.41) is 20.2. The summed E-state index contributed by atoms with van der Waals surface area (Å²) in [6.07, 6.45) is 2.74. The largest absolute Gasteiger partial charge is 0.466 e. The molecule has 1 heterocycles. The summed E-state index contributed by atoms with van der Waals surface area (Å²) in [6.45, 7) is 3.37. The van der Waals surface area contributed by atoms with Crippen LogP contribution in [0.3, 0.4) is 0 Å². The van der Waals surface area contributed by atoms with Crippen molar-refractivity contribution in [3.8, 4) is 12.1 Å². The van der Waals surface area contributed by atoms with Crippen molar-refractivity contribution < 1.29 is 14.3 Å². The monoisotopic (exact) mass is 304 g/mol. The number of hydrogen-bond acceptors (Lipinski definition) is 6. The summed E-state index contributed by atoms with van der Waals surface area (Å²) in [6, 6.07) is 3.83. The van der Waals surface area contributed by atoms with Crippen molar-refractivity contribution in [2.45, 2.75) is 26.2 Å². The van der Waals surface area contributed by atoms with Gasteiger partial charge in [0, 0.05) is 25.8 Å². The predicted octanol–water partition coefficient (Wildman–Crippen LogP) is 0.699. The highest BCUT2D eigenvalue weighted by Crippen LogP contribution is 2.19. The minimum atomic E-state index is -0.353. The Labute approximate surface area is 130 Å². The van der Waals surface area contributed by atoms with Crippen LogP contribution in [0.25, 0.3) is 0 Å². The Balaban J connectivity index is 2.52. The Kier molecular flexibility index (Phi) is 7.49. The number of ether oxygens (including phenoxy) is 1. The molecule has 0 aliphatic carbocycles. The van der Waals surface area contributed by atoms with E-state index in [1.165, 1.54) is 6.20 Å². The first-order chi connectivity index (χ1) is 10.6. The molecule has 118 valence electrons. The highest BCUT2D eigenvalue weighted by Gasteiger charge is 2.29. The van der Waals surface area contributed by atoms with Gasteiger partial charge in [-0.1, -0.05) is 0 Å². The van der Waals surface area contributed by atoms with Crippen molar-refractivity contribution in [3.05, 3.63) is 11.8 Å². The maximum atomic E-state index is 12.2. The number of nitriles is 2. The van der Waals surface area contributed by atoms with Crippen LogP contribution in [-0.4, -0.2) is 43.0 Å². The zero-order valence-corrected chi connectivity index (χ0v) is 12.7. The maximum Gasteiger partial charge on any atom is 0.309 e. The number of esters is 1. The third-order valence-electron chi connectivity index (χ3n) is 3.38. The van der Waals surface area contributed by atoms with Crippen molar-refractivity contribution in [1.29, 1.82) is 10.5 Å². The van der Waals surface area contributed by atoms with Crippen LogP contribution >= 0.6 is 0 Å². The summed E-state index contributed by atoms with van der Waals surface area (Å²) in [7, 11) is 0. The Morgan fingerprint density at radius 3 is 2.59 bits per heavy atom. The molecule has 22 heavy (non-hydrogen) atoms. The second-order valence-corrected chi connectivity index (χ2v) is 4.85. The molecule has 0 saturated carbocycles. The third kappa shape index (κ3) is 5.10. The van der Waals surface area contributed by atoms with Gasteiger partial charge in [0.25, 0.3) is 5.91 Å². The molecule has 0 aromatic carbocycles. The number of carbonyl (C=O) groups excluding carboxylic acids is 2. The molecular weight excluding hydrogens is 284 g/mol. The van der Waals surface area contributed by atoms with Crippen molar-refractivity contribution >= 4 is 11.9 Å². The normalized spacial score (nSPS) is 15.6.